The molecule has 0 bridgehead atoms. The molecule has 0 aliphatic heterocycles. The molecule has 0 fully saturated rings. The summed E-state index contributed by atoms with van der Waals surface area (Å²) in [5.41, 5.74) is 0. The van der Waals surface area contributed by atoms with Crippen LogP contribution in [0.15, 0.2) is 0 Å². The Kier molecular flexibility index (Phi) is 8.39. The van der Waals surface area contributed by atoms with Crippen molar-refractivity contribution >= 4 is 11.4 Å². The van der Waals surface area contributed by atoms with Crippen LogP contribution in [-0.4, -0.2) is 13.3 Å². The van der Waals surface area contributed by atoms with Gasteiger partial charge in [0.05, 0.1) is 0 Å². The van der Waals surface area contributed by atoms with Crippen molar-refractivity contribution in [1.29, 1.82) is 0 Å². The molecule has 0 saturated heterocycles. The summed E-state index contributed by atoms with van der Waals surface area (Å²) in [6, 6.07) is 0. The van der Waals surface area contributed by atoms with E-state index >= 15 is 0 Å². The quantitative estimate of drug-likeness (QED) is 0.356. The van der Waals surface area contributed by atoms with E-state index in [9.17, 15) is 0 Å². The molecule has 5 heteroatoms. The Hall–Kier alpha value is 0.589. The molecule has 0 rings (SSSR count). The van der Waals surface area contributed by atoms with Gasteiger partial charge >= 0.3 is 0 Å². The molecule has 0 heterocycles. The van der Waals surface area contributed by atoms with Crippen LogP contribution < -0.4 is 0 Å². The van der Waals surface area contributed by atoms with Crippen LogP contribution in [0, 0.1) is 0 Å². The third kappa shape index (κ3) is 88.6. The number of hydrogen-bond donors (Lipinski definition) is 2. The summed E-state index contributed by atoms with van der Waals surface area (Å²) in [6.07, 6.45) is 0. The van der Waals surface area contributed by atoms with Gasteiger partial charge in [-0.05, 0) is 0 Å². The van der Waals surface area contributed by atoms with Crippen LogP contribution >= 0.6 is 0 Å². The third-order valence-corrected chi connectivity index (χ3v) is 0. The first kappa shape index (κ1) is 9.14. The van der Waals surface area contributed by atoms with Crippen molar-refractivity contribution in [3.05, 3.63) is 0 Å². The summed E-state index contributed by atoms with van der Waals surface area (Å²) in [5.74, 6) is 0. The van der Waals surface area contributed by atoms with Crippen LogP contribution in [0.4, 0.5) is 0 Å². The molecule has 0 aliphatic rings. The average molecular weight is 138 g/mol. The van der Waals surface area contributed by atoms with Crippen molar-refractivity contribution < 1.29 is 30.4 Å². The van der Waals surface area contributed by atoms with Gasteiger partial charge in [-0.25, -0.2) is 0 Å². The molecule has 0 aromatic rings. The molecule has 0 amide bonds. The van der Waals surface area contributed by atoms with Gasteiger partial charge in [0.1, 0.15) is 0 Å². The van der Waals surface area contributed by atoms with Gasteiger partial charge in [0.15, 0.2) is 0 Å². The first-order chi connectivity index (χ1) is 1.73. The molecule has 34 valence electrons. The predicted octanol–water partition coefficient (Wildman–Crippen LogP) is -0.321. The fourth-order valence-electron chi connectivity index (χ4n) is 0. The molecule has 3 nitrogen and oxygen atoms in total. The molecule has 0 radical (unpaired) electrons. The molecule has 2 N–H and O–H groups in total. The van der Waals surface area contributed by atoms with Crippen molar-refractivity contribution in [2.75, 3.05) is 0 Å². The summed E-state index contributed by atoms with van der Waals surface area (Å²) < 4.78 is 22.8. The molecular formula is H2FeO3S. The molecule has 0 aromatic heterocycles. The van der Waals surface area contributed by atoms with Crippen molar-refractivity contribution in [3.8, 4) is 0 Å². The first-order valence-corrected chi connectivity index (χ1v) is 1.60. The first-order valence-electron chi connectivity index (χ1n) is 0.532. The minimum atomic E-state index is -2.61. The fourth-order valence-corrected chi connectivity index (χ4v) is 0. The van der Waals surface area contributed by atoms with E-state index in [0.29, 0.717) is 0 Å². The van der Waals surface area contributed by atoms with Crippen LogP contribution in [-0.2, 0) is 28.4 Å². The molecular weight excluding hydrogens is 136 g/mol. The molecule has 0 aromatic carbocycles. The van der Waals surface area contributed by atoms with E-state index in [4.69, 9.17) is 13.3 Å². The van der Waals surface area contributed by atoms with Gasteiger partial charge in [-0.3, -0.25) is 9.11 Å². The van der Waals surface area contributed by atoms with E-state index < -0.39 is 11.4 Å². The Morgan fingerprint density at radius 3 is 1.40 bits per heavy atom. The largest absolute Gasteiger partial charge is 0.299 e. The van der Waals surface area contributed by atoms with Crippen molar-refractivity contribution in [3.63, 3.8) is 0 Å². The topological polar surface area (TPSA) is 57.5 Å². The van der Waals surface area contributed by atoms with Crippen molar-refractivity contribution in [2.24, 2.45) is 0 Å². The van der Waals surface area contributed by atoms with E-state index in [1.807, 2.05) is 0 Å². The van der Waals surface area contributed by atoms with Crippen molar-refractivity contribution in [1.82, 2.24) is 0 Å². The second-order valence-electron chi connectivity index (χ2n) is 0.231. The summed E-state index contributed by atoms with van der Waals surface area (Å²) >= 11 is -2.61. The van der Waals surface area contributed by atoms with E-state index in [1.165, 1.54) is 0 Å². The molecule has 0 unspecified atom stereocenters. The van der Waals surface area contributed by atoms with E-state index in [0.717, 1.165) is 0 Å². The van der Waals surface area contributed by atoms with Gasteiger partial charge in [-0.15, -0.1) is 0 Å². The van der Waals surface area contributed by atoms with Crippen LogP contribution in [0.25, 0.3) is 0 Å². The Morgan fingerprint density at radius 2 is 1.40 bits per heavy atom. The van der Waals surface area contributed by atoms with Gasteiger partial charge in [0.2, 0.25) is 0 Å². The number of hydrogen-bond acceptors (Lipinski definition) is 1. The van der Waals surface area contributed by atoms with Crippen LogP contribution in [0.3, 0.4) is 0 Å². The Balaban J connectivity index is 0. The zero-order valence-electron chi connectivity index (χ0n) is 2.06. The predicted molar refractivity (Wildman–Crippen MR) is 13.4 cm³/mol. The zero-order valence-corrected chi connectivity index (χ0v) is 3.99. The normalized spacial score (nSPS) is 7.00. The Labute approximate surface area is 42.4 Å². The molecule has 0 aliphatic carbocycles. The van der Waals surface area contributed by atoms with Gasteiger partial charge in [0, 0.05) is 17.1 Å². The summed E-state index contributed by atoms with van der Waals surface area (Å²) in [7, 11) is 0. The third-order valence-electron chi connectivity index (χ3n) is 0. The second kappa shape index (κ2) is 4.59. The monoisotopic (exact) mass is 138 g/mol. The van der Waals surface area contributed by atoms with Crippen LogP contribution in [0.1, 0.15) is 0 Å². The minimum absolute atomic E-state index is 0. The summed E-state index contributed by atoms with van der Waals surface area (Å²) in [5, 5.41) is 0. The maximum atomic E-state index is 8.67. The van der Waals surface area contributed by atoms with Gasteiger partial charge in [-0.2, -0.15) is 4.21 Å². The number of rotatable bonds is 0. The summed E-state index contributed by atoms with van der Waals surface area (Å²) in [6.45, 7) is 0. The fraction of sp³-hybridized carbons (Fsp3) is 0. The average Bonchev–Trinajstić information content (AvgIpc) is 0.811. The van der Waals surface area contributed by atoms with Gasteiger partial charge < -0.3 is 0 Å². The van der Waals surface area contributed by atoms with Crippen molar-refractivity contribution in [2.45, 2.75) is 0 Å². The Bertz CT molecular complexity index is 29.9. The maximum Gasteiger partial charge on any atom is 0.299 e. The zero-order chi connectivity index (χ0) is 3.58. The van der Waals surface area contributed by atoms with Crippen LogP contribution in [0.5, 0.6) is 0 Å². The van der Waals surface area contributed by atoms with Gasteiger partial charge in [-0.1, -0.05) is 0 Å². The minimum Gasteiger partial charge on any atom is -0.284 e. The van der Waals surface area contributed by atoms with Gasteiger partial charge in [0.25, 0.3) is 11.4 Å². The maximum absolute atomic E-state index is 8.67. The van der Waals surface area contributed by atoms with E-state index in [2.05, 4.69) is 0 Å². The molecule has 0 atom stereocenters. The smallest absolute Gasteiger partial charge is 0.284 e. The second-order valence-corrected chi connectivity index (χ2v) is 0.692. The Morgan fingerprint density at radius 1 is 1.40 bits per heavy atom. The van der Waals surface area contributed by atoms with Crippen LogP contribution in [0.2, 0.25) is 0 Å². The van der Waals surface area contributed by atoms with E-state index in [-0.39, 0.29) is 17.1 Å². The molecule has 5 heavy (non-hydrogen) atoms. The van der Waals surface area contributed by atoms with E-state index in [1.54, 1.807) is 0 Å². The standard InChI is InChI=1S/Fe.H2O3S/c;1-4(2)3/h;(H2,1,2,3). The summed E-state index contributed by atoms with van der Waals surface area (Å²) in [4.78, 5) is 0. The molecule has 0 spiro atoms. The molecule has 0 saturated carbocycles. The SMILES string of the molecule is O=S(O)O.[Fe].